The molecule has 0 saturated carbocycles. The second-order valence-electron chi connectivity index (χ2n) is 5.61. The lowest BCUT2D eigenvalue weighted by Crippen LogP contribution is -2.21. The van der Waals surface area contributed by atoms with E-state index in [1.54, 1.807) is 45.4 Å². The van der Waals surface area contributed by atoms with Crippen molar-refractivity contribution in [3.63, 3.8) is 0 Å². The van der Waals surface area contributed by atoms with Crippen LogP contribution in [0.5, 0.6) is 0 Å². The number of hydrogen-bond acceptors (Lipinski definition) is 6. The number of ether oxygens (including phenoxy) is 4. The minimum atomic E-state index is -0.564. The molecule has 1 aromatic carbocycles. The Morgan fingerprint density at radius 3 is 2.16 bits per heavy atom. The summed E-state index contributed by atoms with van der Waals surface area (Å²) >= 11 is 0. The largest absolute Gasteiger partial charge is 0.462 e. The smallest absolute Gasteiger partial charge is 0.339 e. The summed E-state index contributed by atoms with van der Waals surface area (Å²) in [4.78, 5) is 24.3. The van der Waals surface area contributed by atoms with Gasteiger partial charge < -0.3 is 18.9 Å². The first-order valence-corrected chi connectivity index (χ1v) is 9.94. The number of carbonyl (C=O) groups is 2. The summed E-state index contributed by atoms with van der Waals surface area (Å²) in [6.07, 6.45) is 0.740. The number of benzene rings is 1. The summed E-state index contributed by atoms with van der Waals surface area (Å²) in [7, 11) is 2.70. The van der Waals surface area contributed by atoms with Gasteiger partial charge in [-0.05, 0) is 31.1 Å². The third kappa shape index (κ3) is 7.64. The minimum Gasteiger partial charge on any atom is -0.462 e. The van der Waals surface area contributed by atoms with Crippen LogP contribution < -0.4 is 0 Å². The third-order valence-electron chi connectivity index (χ3n) is 3.41. The normalized spacial score (nSPS) is 11.0. The first kappa shape index (κ1) is 21.1. The van der Waals surface area contributed by atoms with E-state index < -0.39 is 21.5 Å². The molecule has 6 nitrogen and oxygen atoms in total. The number of esters is 2. The Morgan fingerprint density at radius 2 is 1.64 bits per heavy atom. The fourth-order valence-electron chi connectivity index (χ4n) is 2.09. The summed E-state index contributed by atoms with van der Waals surface area (Å²) in [5.74, 6) is -1.20. The Kier molecular flexibility index (Phi) is 9.75. The molecule has 0 unspecified atom stereocenters. The molecule has 0 spiro atoms. The second kappa shape index (κ2) is 11.6. The highest BCUT2D eigenvalue weighted by Gasteiger charge is 2.19. The number of rotatable bonds is 11. The van der Waals surface area contributed by atoms with E-state index in [1.807, 2.05) is 0 Å². The lowest BCUT2D eigenvalue weighted by atomic mass is 10.1. The molecule has 0 aliphatic heterocycles. The molecular weight excluding hydrogens is 340 g/mol. The van der Waals surface area contributed by atoms with E-state index in [9.17, 15) is 9.59 Å². The van der Waals surface area contributed by atoms with Crippen molar-refractivity contribution in [2.24, 2.45) is 0 Å². The number of methoxy groups -OCH3 is 2. The maximum atomic E-state index is 12.2. The van der Waals surface area contributed by atoms with Crippen LogP contribution in [0.2, 0.25) is 6.04 Å². The second-order valence-corrected chi connectivity index (χ2v) is 7.56. The van der Waals surface area contributed by atoms with E-state index in [1.165, 1.54) is 0 Å². The zero-order valence-electron chi connectivity index (χ0n) is 15.1. The van der Waals surface area contributed by atoms with Crippen molar-refractivity contribution in [1.82, 2.24) is 0 Å². The Morgan fingerprint density at radius 1 is 1.08 bits per heavy atom. The summed E-state index contributed by atoms with van der Waals surface area (Å²) in [5.41, 5.74) is 1.13. The molecule has 0 N–H and O–H groups in total. The van der Waals surface area contributed by atoms with Crippen molar-refractivity contribution < 1.29 is 28.5 Å². The van der Waals surface area contributed by atoms with Crippen molar-refractivity contribution in [1.29, 1.82) is 0 Å². The van der Waals surface area contributed by atoms with Crippen LogP contribution in [0.1, 0.15) is 34.1 Å². The zero-order chi connectivity index (χ0) is 18.7. The molecule has 0 saturated heterocycles. The summed E-state index contributed by atoms with van der Waals surface area (Å²) in [6, 6.07) is 7.39. The molecule has 0 aliphatic carbocycles. The van der Waals surface area contributed by atoms with E-state index in [0.717, 1.165) is 18.0 Å². The predicted molar refractivity (Wildman–Crippen MR) is 97.6 cm³/mol. The highest BCUT2D eigenvalue weighted by Crippen LogP contribution is 2.13. The van der Waals surface area contributed by atoms with Crippen molar-refractivity contribution in [3.8, 4) is 0 Å². The van der Waals surface area contributed by atoms with Crippen molar-refractivity contribution in [2.75, 3.05) is 27.4 Å². The van der Waals surface area contributed by atoms with Crippen LogP contribution in [-0.2, 0) is 18.9 Å². The standard InChI is InChI=1S/C18H26O6Si/c1-13(2)12-24-17(20)15-9-6-5-8-14(15)16(19)23-10-7-11-25-18(21-3)22-4/h5-6,8-9,18H,1,7,10-12,25H2,2-4H3. The van der Waals surface area contributed by atoms with Crippen LogP contribution >= 0.6 is 0 Å². The van der Waals surface area contributed by atoms with Gasteiger partial charge in [0.2, 0.25) is 0 Å². The fourth-order valence-corrected chi connectivity index (χ4v) is 3.39. The highest BCUT2D eigenvalue weighted by atomic mass is 28.2. The van der Waals surface area contributed by atoms with Crippen LogP contribution in [0.25, 0.3) is 0 Å². The lowest BCUT2D eigenvalue weighted by Gasteiger charge is -2.12. The van der Waals surface area contributed by atoms with Gasteiger partial charge in [0.1, 0.15) is 12.5 Å². The molecule has 0 aliphatic rings. The van der Waals surface area contributed by atoms with Gasteiger partial charge in [0.05, 0.1) is 27.3 Å². The molecule has 0 aromatic heterocycles. The molecular formula is C18H26O6Si. The van der Waals surface area contributed by atoms with Gasteiger partial charge in [-0.2, -0.15) is 0 Å². The average molecular weight is 366 g/mol. The van der Waals surface area contributed by atoms with Gasteiger partial charge in [-0.1, -0.05) is 24.8 Å². The first-order chi connectivity index (χ1) is 12.0. The van der Waals surface area contributed by atoms with Gasteiger partial charge in [0, 0.05) is 14.2 Å². The van der Waals surface area contributed by atoms with E-state index in [0.29, 0.717) is 6.61 Å². The zero-order valence-corrected chi connectivity index (χ0v) is 16.5. The molecule has 138 valence electrons. The van der Waals surface area contributed by atoms with Gasteiger partial charge >= 0.3 is 11.9 Å². The van der Waals surface area contributed by atoms with Crippen LogP contribution in [0, 0.1) is 0 Å². The Bertz CT molecular complexity index is 583. The monoisotopic (exact) mass is 366 g/mol. The Labute approximate surface area is 150 Å². The SMILES string of the molecule is C=C(C)COC(=O)c1ccccc1C(=O)OCCC[SiH2]C(OC)OC. The predicted octanol–water partition coefficient (Wildman–Crippen LogP) is 2.13. The minimum absolute atomic E-state index is 0.112. The number of carbonyl (C=O) groups excluding carboxylic acids is 2. The molecule has 1 aromatic rings. The molecule has 25 heavy (non-hydrogen) atoms. The first-order valence-electron chi connectivity index (χ1n) is 8.12. The summed E-state index contributed by atoms with van der Waals surface area (Å²) in [5, 5.41) is 0. The van der Waals surface area contributed by atoms with E-state index in [4.69, 9.17) is 18.9 Å². The molecule has 1 rings (SSSR count). The lowest BCUT2D eigenvalue weighted by molar-refractivity contribution is -0.0441. The fraction of sp³-hybridized carbons (Fsp3) is 0.444. The molecule has 0 amide bonds. The molecule has 0 bridgehead atoms. The van der Waals surface area contributed by atoms with Crippen LogP contribution in [0.4, 0.5) is 0 Å². The summed E-state index contributed by atoms with van der Waals surface area (Å²) < 4.78 is 20.7. The van der Waals surface area contributed by atoms with Crippen LogP contribution in [0.15, 0.2) is 36.4 Å². The van der Waals surface area contributed by atoms with Crippen molar-refractivity contribution >= 4 is 21.5 Å². The van der Waals surface area contributed by atoms with Crippen molar-refractivity contribution in [2.45, 2.75) is 25.3 Å². The van der Waals surface area contributed by atoms with Crippen LogP contribution in [-0.4, -0.2) is 54.8 Å². The van der Waals surface area contributed by atoms with Crippen LogP contribution in [0.3, 0.4) is 0 Å². The van der Waals surface area contributed by atoms with Gasteiger partial charge in [-0.25, -0.2) is 9.59 Å². The van der Waals surface area contributed by atoms with Gasteiger partial charge in [0.15, 0.2) is 0 Å². The van der Waals surface area contributed by atoms with Gasteiger partial charge in [0.25, 0.3) is 0 Å². The highest BCUT2D eigenvalue weighted by molar-refractivity contribution is 6.36. The van der Waals surface area contributed by atoms with Gasteiger partial charge in [-0.3, -0.25) is 0 Å². The average Bonchev–Trinajstić information content (AvgIpc) is 2.62. The topological polar surface area (TPSA) is 71.1 Å². The van der Waals surface area contributed by atoms with Gasteiger partial charge in [-0.15, -0.1) is 0 Å². The van der Waals surface area contributed by atoms with E-state index >= 15 is 0 Å². The summed E-state index contributed by atoms with van der Waals surface area (Å²) in [6.45, 7) is 5.85. The molecule has 0 atom stereocenters. The Balaban J connectivity index is 2.52. The van der Waals surface area contributed by atoms with E-state index in [2.05, 4.69) is 6.58 Å². The van der Waals surface area contributed by atoms with E-state index in [-0.39, 0.29) is 23.6 Å². The third-order valence-corrected chi connectivity index (χ3v) is 5.46. The molecule has 0 radical (unpaired) electrons. The molecule has 7 heteroatoms. The van der Waals surface area contributed by atoms with Crippen molar-refractivity contribution in [3.05, 3.63) is 47.5 Å². The molecule has 0 fully saturated rings. The number of hydrogen-bond donors (Lipinski definition) is 0. The maximum absolute atomic E-state index is 12.2. The Hall–Kier alpha value is -1.96. The maximum Gasteiger partial charge on any atom is 0.339 e. The molecule has 0 heterocycles. The quantitative estimate of drug-likeness (QED) is 0.196.